The van der Waals surface area contributed by atoms with Crippen molar-refractivity contribution in [3.63, 3.8) is 0 Å². The molecule has 0 bridgehead atoms. The number of benzene rings is 2. The third-order valence-electron chi connectivity index (χ3n) is 3.68. The summed E-state index contributed by atoms with van der Waals surface area (Å²) >= 11 is 0. The molecular formula is C20H24FNO4. The van der Waals surface area contributed by atoms with E-state index in [2.05, 4.69) is 5.32 Å². The minimum atomic E-state index is -1.55. The van der Waals surface area contributed by atoms with Crippen LogP contribution in [0.25, 0.3) is 0 Å². The Hall–Kier alpha value is -2.44. The van der Waals surface area contributed by atoms with E-state index >= 15 is 0 Å². The predicted molar refractivity (Wildman–Crippen MR) is 97.0 cm³/mol. The van der Waals surface area contributed by atoms with Gasteiger partial charge in [-0.1, -0.05) is 42.5 Å². The molecule has 0 radical (unpaired) electrons. The highest BCUT2D eigenvalue weighted by Crippen LogP contribution is 2.26. The van der Waals surface area contributed by atoms with Crippen LogP contribution in [0.5, 0.6) is 11.5 Å². The summed E-state index contributed by atoms with van der Waals surface area (Å²) in [5.74, 6) is 0.647. The topological polar surface area (TPSA) is 67.8 Å². The monoisotopic (exact) mass is 361 g/mol. The van der Waals surface area contributed by atoms with Crippen LogP contribution in [0.2, 0.25) is 0 Å². The molecular weight excluding hydrogens is 337 g/mol. The zero-order valence-electron chi connectivity index (χ0n) is 14.7. The normalized spacial score (nSPS) is 13.0. The zero-order chi connectivity index (χ0) is 18.8. The molecule has 2 atom stereocenters. The average molecular weight is 361 g/mol. The van der Waals surface area contributed by atoms with E-state index in [0.29, 0.717) is 23.7 Å². The Balaban J connectivity index is 1.72. The molecule has 0 aliphatic carbocycles. The first-order chi connectivity index (χ1) is 12.6. The van der Waals surface area contributed by atoms with E-state index < -0.39 is 24.6 Å². The highest BCUT2D eigenvalue weighted by molar-refractivity contribution is 5.84. The maximum atomic E-state index is 13.9. The number of carbonyl (C=O) groups is 1. The molecule has 0 saturated heterocycles. The van der Waals surface area contributed by atoms with Crippen LogP contribution in [0.1, 0.15) is 25.0 Å². The standard InChI is InChI=1S/C20H24FNO4/c1-2-25-17-10-6-7-11-18(17)26-13-12-22-19(21)14-16(23)20(24)15-8-4-3-5-9-15/h3-11,19-20,22,24H,2,12-14H2,1H3. The van der Waals surface area contributed by atoms with Crippen LogP contribution in [-0.2, 0) is 4.79 Å². The molecule has 0 fully saturated rings. The van der Waals surface area contributed by atoms with Gasteiger partial charge in [0.15, 0.2) is 23.6 Å². The molecule has 0 spiro atoms. The quantitative estimate of drug-likeness (QED) is 0.476. The number of ether oxygens (including phenoxy) is 2. The van der Waals surface area contributed by atoms with Crippen molar-refractivity contribution >= 4 is 5.78 Å². The molecule has 0 aliphatic rings. The third-order valence-corrected chi connectivity index (χ3v) is 3.68. The van der Waals surface area contributed by atoms with Crippen LogP contribution in [0, 0.1) is 0 Å². The van der Waals surface area contributed by atoms with Crippen molar-refractivity contribution in [1.29, 1.82) is 0 Å². The van der Waals surface area contributed by atoms with Crippen molar-refractivity contribution < 1.29 is 23.8 Å². The Morgan fingerprint density at radius 2 is 1.69 bits per heavy atom. The molecule has 2 N–H and O–H groups in total. The first kappa shape index (κ1) is 19.9. The lowest BCUT2D eigenvalue weighted by Crippen LogP contribution is -2.32. The Morgan fingerprint density at radius 1 is 1.08 bits per heavy atom. The number of alkyl halides is 1. The summed E-state index contributed by atoms with van der Waals surface area (Å²) in [4.78, 5) is 11.9. The molecule has 0 saturated carbocycles. The van der Waals surface area contributed by atoms with Crippen molar-refractivity contribution in [2.24, 2.45) is 0 Å². The van der Waals surface area contributed by atoms with Gasteiger partial charge in [0.25, 0.3) is 0 Å². The molecule has 2 aromatic carbocycles. The Kier molecular flexibility index (Phi) is 8.05. The van der Waals surface area contributed by atoms with E-state index in [-0.39, 0.29) is 13.2 Å². The maximum absolute atomic E-state index is 13.9. The van der Waals surface area contributed by atoms with Crippen molar-refractivity contribution in [1.82, 2.24) is 5.32 Å². The molecule has 5 nitrogen and oxygen atoms in total. The zero-order valence-corrected chi connectivity index (χ0v) is 14.7. The Bertz CT molecular complexity index is 681. The van der Waals surface area contributed by atoms with Crippen molar-refractivity contribution in [3.05, 3.63) is 60.2 Å². The summed E-state index contributed by atoms with van der Waals surface area (Å²) in [7, 11) is 0. The van der Waals surface area contributed by atoms with Gasteiger partial charge in [-0.05, 0) is 24.6 Å². The molecule has 0 aliphatic heterocycles. The van der Waals surface area contributed by atoms with Gasteiger partial charge in [0.2, 0.25) is 0 Å². The molecule has 2 rings (SSSR count). The number of carbonyl (C=O) groups excluding carboxylic acids is 1. The second-order valence-corrected chi connectivity index (χ2v) is 5.63. The second kappa shape index (κ2) is 10.5. The molecule has 2 aromatic rings. The van der Waals surface area contributed by atoms with E-state index in [9.17, 15) is 14.3 Å². The highest BCUT2D eigenvalue weighted by atomic mass is 19.1. The number of aliphatic hydroxyl groups is 1. The fourth-order valence-corrected chi connectivity index (χ4v) is 2.40. The Morgan fingerprint density at radius 3 is 2.35 bits per heavy atom. The lowest BCUT2D eigenvalue weighted by atomic mass is 10.0. The number of hydrogen-bond acceptors (Lipinski definition) is 5. The number of para-hydroxylation sites is 2. The van der Waals surface area contributed by atoms with Crippen LogP contribution in [0.3, 0.4) is 0 Å². The van der Waals surface area contributed by atoms with Gasteiger partial charge in [-0.3, -0.25) is 10.1 Å². The van der Waals surface area contributed by atoms with Gasteiger partial charge in [0.05, 0.1) is 13.0 Å². The lowest BCUT2D eigenvalue weighted by Gasteiger charge is -2.15. The minimum absolute atomic E-state index is 0.219. The van der Waals surface area contributed by atoms with E-state index in [1.165, 1.54) is 0 Å². The van der Waals surface area contributed by atoms with Gasteiger partial charge in [0, 0.05) is 6.54 Å². The maximum Gasteiger partial charge on any atom is 0.170 e. The highest BCUT2D eigenvalue weighted by Gasteiger charge is 2.21. The number of aliphatic hydroxyl groups excluding tert-OH is 1. The van der Waals surface area contributed by atoms with Gasteiger partial charge in [-0.2, -0.15) is 0 Å². The molecule has 6 heteroatoms. The number of halogens is 1. The van der Waals surface area contributed by atoms with E-state index in [0.717, 1.165) is 0 Å². The predicted octanol–water partition coefficient (Wildman–Crippen LogP) is 3.04. The van der Waals surface area contributed by atoms with Gasteiger partial charge >= 0.3 is 0 Å². The molecule has 2 unspecified atom stereocenters. The summed E-state index contributed by atoms with van der Waals surface area (Å²) in [6, 6.07) is 15.7. The van der Waals surface area contributed by atoms with Gasteiger partial charge < -0.3 is 14.6 Å². The van der Waals surface area contributed by atoms with Crippen LogP contribution in [0.15, 0.2) is 54.6 Å². The molecule has 26 heavy (non-hydrogen) atoms. The van der Waals surface area contributed by atoms with Crippen LogP contribution < -0.4 is 14.8 Å². The molecule has 0 heterocycles. The first-order valence-corrected chi connectivity index (χ1v) is 8.59. The van der Waals surface area contributed by atoms with E-state index in [4.69, 9.17) is 9.47 Å². The van der Waals surface area contributed by atoms with Gasteiger partial charge in [0.1, 0.15) is 12.7 Å². The fourth-order valence-electron chi connectivity index (χ4n) is 2.40. The summed E-state index contributed by atoms with van der Waals surface area (Å²) in [5.41, 5.74) is 0.459. The lowest BCUT2D eigenvalue weighted by molar-refractivity contribution is -0.128. The SMILES string of the molecule is CCOc1ccccc1OCCNC(F)CC(=O)C(O)c1ccccc1. The molecule has 0 aromatic heterocycles. The first-order valence-electron chi connectivity index (χ1n) is 8.59. The average Bonchev–Trinajstić information content (AvgIpc) is 2.66. The summed E-state index contributed by atoms with van der Waals surface area (Å²) in [5, 5.41) is 12.5. The van der Waals surface area contributed by atoms with Gasteiger partial charge in [-0.15, -0.1) is 0 Å². The number of rotatable bonds is 11. The van der Waals surface area contributed by atoms with E-state index in [1.54, 1.807) is 42.5 Å². The van der Waals surface area contributed by atoms with Gasteiger partial charge in [-0.25, -0.2) is 4.39 Å². The molecule has 140 valence electrons. The largest absolute Gasteiger partial charge is 0.490 e. The summed E-state index contributed by atoms with van der Waals surface area (Å²) in [6.07, 6.45) is -3.27. The number of hydrogen-bond donors (Lipinski definition) is 2. The third kappa shape index (κ3) is 6.13. The minimum Gasteiger partial charge on any atom is -0.490 e. The van der Waals surface area contributed by atoms with Crippen molar-refractivity contribution in [3.8, 4) is 11.5 Å². The van der Waals surface area contributed by atoms with Crippen LogP contribution in [0.4, 0.5) is 4.39 Å². The molecule has 0 amide bonds. The Labute approximate surface area is 152 Å². The van der Waals surface area contributed by atoms with Crippen LogP contribution in [-0.4, -0.2) is 36.9 Å². The van der Waals surface area contributed by atoms with Crippen LogP contribution >= 0.6 is 0 Å². The number of nitrogens with one attached hydrogen (secondary N) is 1. The van der Waals surface area contributed by atoms with E-state index in [1.807, 2.05) is 19.1 Å². The number of ketones is 1. The van der Waals surface area contributed by atoms with Crippen molar-refractivity contribution in [2.45, 2.75) is 25.7 Å². The smallest absolute Gasteiger partial charge is 0.170 e. The summed E-state index contributed by atoms with van der Waals surface area (Å²) < 4.78 is 24.9. The summed E-state index contributed by atoms with van der Waals surface area (Å²) in [6.45, 7) is 2.85. The number of Topliss-reactive ketones (excluding diaryl/α,β-unsaturated/α-hetero) is 1. The van der Waals surface area contributed by atoms with Crippen molar-refractivity contribution in [2.75, 3.05) is 19.8 Å². The fraction of sp³-hybridized carbons (Fsp3) is 0.350. The second-order valence-electron chi connectivity index (χ2n) is 5.63.